The summed E-state index contributed by atoms with van der Waals surface area (Å²) in [6.07, 6.45) is 2.16. The molecule has 1 fully saturated rings. The second kappa shape index (κ2) is 6.61. The lowest BCUT2D eigenvalue weighted by molar-refractivity contribution is 0.548. The summed E-state index contributed by atoms with van der Waals surface area (Å²) < 4.78 is 26.4. The van der Waals surface area contributed by atoms with Gasteiger partial charge in [0, 0.05) is 12.6 Å². The highest BCUT2D eigenvalue weighted by Gasteiger charge is 2.29. The lowest BCUT2D eigenvalue weighted by Crippen LogP contribution is -2.38. The van der Waals surface area contributed by atoms with Crippen molar-refractivity contribution in [3.8, 4) is 0 Å². The van der Waals surface area contributed by atoms with Gasteiger partial charge in [-0.3, -0.25) is 0 Å². The summed E-state index contributed by atoms with van der Waals surface area (Å²) in [5.41, 5.74) is 5.84. The van der Waals surface area contributed by atoms with Crippen LogP contribution in [-0.4, -0.2) is 21.0 Å². The maximum absolute atomic E-state index is 12.0. The summed E-state index contributed by atoms with van der Waals surface area (Å²) in [6.45, 7) is 0.243. The van der Waals surface area contributed by atoms with Crippen molar-refractivity contribution in [3.63, 3.8) is 0 Å². The third kappa shape index (κ3) is 4.48. The molecule has 4 nitrogen and oxygen atoms in total. The molecule has 3 N–H and O–H groups in total. The Morgan fingerprint density at radius 1 is 1.32 bits per heavy atom. The van der Waals surface area contributed by atoms with E-state index in [1.165, 1.54) is 18.2 Å². The highest BCUT2D eigenvalue weighted by atomic mass is 35.5. The Kier molecular flexibility index (Phi) is 5.92. The van der Waals surface area contributed by atoms with Crippen molar-refractivity contribution >= 4 is 45.6 Å². The third-order valence-electron chi connectivity index (χ3n) is 2.94. The fourth-order valence-corrected chi connectivity index (χ4v) is 3.09. The van der Waals surface area contributed by atoms with Crippen molar-refractivity contribution in [2.45, 2.75) is 23.8 Å². The SMILES string of the molecule is Cl.NC(CNS(=O)(=O)c1ccc(Cl)c(Cl)c1)C1CC1. The van der Waals surface area contributed by atoms with Crippen molar-refractivity contribution in [2.24, 2.45) is 11.7 Å². The van der Waals surface area contributed by atoms with Crippen LogP contribution in [0, 0.1) is 5.92 Å². The maximum Gasteiger partial charge on any atom is 0.240 e. The predicted octanol–water partition coefficient (Wildman–Crippen LogP) is 2.43. The van der Waals surface area contributed by atoms with Crippen LogP contribution < -0.4 is 10.5 Å². The monoisotopic (exact) mass is 344 g/mol. The molecule has 0 saturated heterocycles. The lowest BCUT2D eigenvalue weighted by Gasteiger charge is -2.12. The van der Waals surface area contributed by atoms with Crippen LogP contribution in [0.15, 0.2) is 23.1 Å². The minimum absolute atomic E-state index is 0. The molecule has 0 spiro atoms. The molecule has 1 aromatic rings. The number of nitrogens with one attached hydrogen (secondary N) is 1. The standard InChI is InChI=1S/C11H14Cl2N2O2S.ClH/c12-9-4-3-8(5-10(9)13)18(16,17)15-6-11(14)7-1-2-7;/h3-5,7,11,15H,1-2,6,14H2;1H. The van der Waals surface area contributed by atoms with E-state index in [1.807, 2.05) is 0 Å². The number of hydrogen-bond donors (Lipinski definition) is 2. The van der Waals surface area contributed by atoms with Gasteiger partial charge >= 0.3 is 0 Å². The molecular weight excluding hydrogens is 331 g/mol. The zero-order valence-corrected chi connectivity index (χ0v) is 13.1. The van der Waals surface area contributed by atoms with E-state index in [0.29, 0.717) is 10.9 Å². The van der Waals surface area contributed by atoms with Crippen molar-refractivity contribution in [3.05, 3.63) is 28.2 Å². The predicted molar refractivity (Wildman–Crippen MR) is 79.6 cm³/mol. The Morgan fingerprint density at radius 2 is 1.95 bits per heavy atom. The molecule has 0 heterocycles. The van der Waals surface area contributed by atoms with Gasteiger partial charge in [0.1, 0.15) is 0 Å². The minimum Gasteiger partial charge on any atom is -0.326 e. The molecule has 1 atom stereocenters. The molecule has 1 aliphatic carbocycles. The Morgan fingerprint density at radius 3 is 2.47 bits per heavy atom. The fourth-order valence-electron chi connectivity index (χ4n) is 1.62. The van der Waals surface area contributed by atoms with Gasteiger partial charge in [-0.15, -0.1) is 12.4 Å². The van der Waals surface area contributed by atoms with E-state index in [4.69, 9.17) is 28.9 Å². The molecule has 0 bridgehead atoms. The molecule has 1 aromatic carbocycles. The first-order valence-electron chi connectivity index (χ1n) is 5.60. The highest BCUT2D eigenvalue weighted by molar-refractivity contribution is 7.89. The molecular formula is C11H15Cl3N2O2S. The van der Waals surface area contributed by atoms with Crippen LogP contribution in [0.4, 0.5) is 0 Å². The quantitative estimate of drug-likeness (QED) is 0.861. The average Bonchev–Trinajstić information content (AvgIpc) is 3.13. The van der Waals surface area contributed by atoms with E-state index in [0.717, 1.165) is 12.8 Å². The normalized spacial score (nSPS) is 16.8. The van der Waals surface area contributed by atoms with E-state index in [2.05, 4.69) is 4.72 Å². The average molecular weight is 346 g/mol. The molecule has 8 heteroatoms. The second-order valence-electron chi connectivity index (χ2n) is 4.43. The molecule has 1 saturated carbocycles. The Balaban J connectivity index is 0.00000180. The van der Waals surface area contributed by atoms with Crippen molar-refractivity contribution < 1.29 is 8.42 Å². The number of benzene rings is 1. The molecule has 2 rings (SSSR count). The number of nitrogens with two attached hydrogens (primary N) is 1. The van der Waals surface area contributed by atoms with Gasteiger partial charge in [-0.25, -0.2) is 13.1 Å². The first kappa shape index (κ1) is 17.0. The number of sulfonamides is 1. The fraction of sp³-hybridized carbons (Fsp3) is 0.455. The molecule has 1 unspecified atom stereocenters. The molecule has 0 radical (unpaired) electrons. The second-order valence-corrected chi connectivity index (χ2v) is 7.01. The van der Waals surface area contributed by atoms with E-state index in [9.17, 15) is 8.42 Å². The molecule has 0 amide bonds. The van der Waals surface area contributed by atoms with Crippen LogP contribution in [0.2, 0.25) is 10.0 Å². The first-order valence-corrected chi connectivity index (χ1v) is 7.84. The van der Waals surface area contributed by atoms with Gasteiger partial charge in [-0.2, -0.15) is 0 Å². The summed E-state index contributed by atoms with van der Waals surface area (Å²) in [5.74, 6) is 0.446. The Labute approximate surface area is 129 Å². The lowest BCUT2D eigenvalue weighted by atomic mass is 10.2. The molecule has 0 aromatic heterocycles. The van der Waals surface area contributed by atoms with E-state index in [1.54, 1.807) is 0 Å². The van der Waals surface area contributed by atoms with Gasteiger partial charge in [-0.1, -0.05) is 23.2 Å². The molecule has 19 heavy (non-hydrogen) atoms. The topological polar surface area (TPSA) is 72.2 Å². The summed E-state index contributed by atoms with van der Waals surface area (Å²) in [6, 6.07) is 4.08. The minimum atomic E-state index is -3.57. The van der Waals surface area contributed by atoms with Crippen molar-refractivity contribution in [2.75, 3.05) is 6.54 Å². The molecule has 1 aliphatic rings. The van der Waals surface area contributed by atoms with Gasteiger partial charge < -0.3 is 5.73 Å². The third-order valence-corrected chi connectivity index (χ3v) is 5.10. The van der Waals surface area contributed by atoms with Crippen LogP contribution in [0.25, 0.3) is 0 Å². The van der Waals surface area contributed by atoms with Crippen LogP contribution >= 0.6 is 35.6 Å². The largest absolute Gasteiger partial charge is 0.326 e. The molecule has 108 valence electrons. The number of hydrogen-bond acceptors (Lipinski definition) is 3. The molecule has 0 aliphatic heterocycles. The van der Waals surface area contributed by atoms with E-state index < -0.39 is 10.0 Å². The number of rotatable bonds is 5. The van der Waals surface area contributed by atoms with Crippen LogP contribution in [0.5, 0.6) is 0 Å². The number of halogens is 3. The van der Waals surface area contributed by atoms with E-state index >= 15 is 0 Å². The van der Waals surface area contributed by atoms with Gasteiger partial charge in [0.05, 0.1) is 14.9 Å². The smallest absolute Gasteiger partial charge is 0.240 e. The van der Waals surface area contributed by atoms with Gasteiger partial charge in [0.2, 0.25) is 10.0 Å². The Bertz CT molecular complexity index is 547. The first-order chi connectivity index (χ1) is 8.40. The zero-order valence-electron chi connectivity index (χ0n) is 9.97. The maximum atomic E-state index is 12.0. The Hall–Kier alpha value is -0.0400. The van der Waals surface area contributed by atoms with Gasteiger partial charge in [0.25, 0.3) is 0 Å². The van der Waals surface area contributed by atoms with Crippen LogP contribution in [0.1, 0.15) is 12.8 Å². The van der Waals surface area contributed by atoms with Crippen LogP contribution in [-0.2, 0) is 10.0 Å². The van der Waals surface area contributed by atoms with Gasteiger partial charge in [0.15, 0.2) is 0 Å². The van der Waals surface area contributed by atoms with E-state index in [-0.39, 0.29) is 34.9 Å². The van der Waals surface area contributed by atoms with Gasteiger partial charge in [-0.05, 0) is 37.0 Å². The summed E-state index contributed by atoms with van der Waals surface area (Å²) >= 11 is 11.5. The summed E-state index contributed by atoms with van der Waals surface area (Å²) in [5, 5.41) is 0.538. The van der Waals surface area contributed by atoms with Crippen molar-refractivity contribution in [1.82, 2.24) is 4.72 Å². The zero-order chi connectivity index (χ0) is 13.3. The van der Waals surface area contributed by atoms with Crippen molar-refractivity contribution in [1.29, 1.82) is 0 Å². The van der Waals surface area contributed by atoms with Crippen LogP contribution in [0.3, 0.4) is 0 Å². The highest BCUT2D eigenvalue weighted by Crippen LogP contribution is 2.31. The summed E-state index contributed by atoms with van der Waals surface area (Å²) in [4.78, 5) is 0.0971. The summed E-state index contributed by atoms with van der Waals surface area (Å²) in [7, 11) is -3.57.